The summed E-state index contributed by atoms with van der Waals surface area (Å²) >= 11 is 6.08. The molecular weight excluding hydrogens is 363 g/mol. The summed E-state index contributed by atoms with van der Waals surface area (Å²) < 4.78 is 19.8. The van der Waals surface area contributed by atoms with E-state index in [0.717, 1.165) is 0 Å². The molecule has 0 radical (unpaired) electrons. The molecule has 1 amide bonds. The molecule has 3 rings (SSSR count). The van der Waals surface area contributed by atoms with Crippen LogP contribution in [0.15, 0.2) is 12.3 Å². The molecule has 1 saturated carbocycles. The van der Waals surface area contributed by atoms with Gasteiger partial charge in [-0.2, -0.15) is 9.61 Å². The summed E-state index contributed by atoms with van der Waals surface area (Å²) in [6.07, 6.45) is 0.372. The molecule has 0 aromatic carbocycles. The smallest absolute Gasteiger partial charge is 0.415 e. The number of rotatable bonds is 4. The summed E-state index contributed by atoms with van der Waals surface area (Å²) in [5.41, 5.74) is -0.186. The molecule has 1 aliphatic carbocycles. The fourth-order valence-corrected chi connectivity index (χ4v) is 2.73. The van der Waals surface area contributed by atoms with Crippen LogP contribution in [0.2, 0.25) is 5.15 Å². The first-order valence-electron chi connectivity index (χ1n) is 8.25. The van der Waals surface area contributed by atoms with Gasteiger partial charge in [-0.15, -0.1) is 0 Å². The minimum atomic E-state index is -0.911. The molecule has 1 aliphatic rings. The summed E-state index contributed by atoms with van der Waals surface area (Å²) in [6.45, 7) is 5.28. The lowest BCUT2D eigenvalue weighted by Gasteiger charge is -2.24. The molecule has 1 fully saturated rings. The number of hydrogen-bond acceptors (Lipinski definition) is 5. The number of halogens is 2. The van der Waals surface area contributed by atoms with Crippen molar-refractivity contribution in [3.8, 4) is 0 Å². The van der Waals surface area contributed by atoms with E-state index in [1.807, 2.05) is 0 Å². The fourth-order valence-electron chi connectivity index (χ4n) is 2.55. The quantitative estimate of drug-likeness (QED) is 0.595. The zero-order valence-electron chi connectivity index (χ0n) is 15.0. The van der Waals surface area contributed by atoms with E-state index in [1.54, 1.807) is 20.8 Å². The van der Waals surface area contributed by atoms with E-state index in [1.165, 1.54) is 28.7 Å². The van der Waals surface area contributed by atoms with Gasteiger partial charge >= 0.3 is 6.09 Å². The maximum Gasteiger partial charge on any atom is 0.415 e. The zero-order valence-corrected chi connectivity index (χ0v) is 15.7. The van der Waals surface area contributed by atoms with E-state index in [4.69, 9.17) is 16.3 Å². The minimum absolute atomic E-state index is 0.104. The van der Waals surface area contributed by atoms with Crippen LogP contribution in [-0.2, 0) is 4.74 Å². The van der Waals surface area contributed by atoms with Crippen molar-refractivity contribution < 1.29 is 18.7 Å². The Labute approximate surface area is 155 Å². The molecule has 0 unspecified atom stereocenters. The van der Waals surface area contributed by atoms with Gasteiger partial charge in [0.2, 0.25) is 0 Å². The number of ketones is 1. The fraction of sp³-hybridized carbons (Fsp3) is 0.529. The van der Waals surface area contributed by atoms with Crippen LogP contribution >= 0.6 is 11.6 Å². The van der Waals surface area contributed by atoms with Crippen LogP contribution in [0.4, 0.5) is 15.0 Å². The van der Waals surface area contributed by atoms with Crippen LogP contribution in [0.1, 0.15) is 44.0 Å². The van der Waals surface area contributed by atoms with E-state index in [9.17, 15) is 14.0 Å². The van der Waals surface area contributed by atoms with E-state index < -0.39 is 17.9 Å². The first kappa shape index (κ1) is 18.6. The van der Waals surface area contributed by atoms with Crippen molar-refractivity contribution in [1.29, 1.82) is 0 Å². The average Bonchev–Trinajstić information content (AvgIpc) is 3.04. The SMILES string of the molecule is CN(C(=O)OC(C)(C)C)c1cc(Cl)nc2c(C(=O)C[C@@H]3C[C@@H]3F)cnn12. The third-order valence-electron chi connectivity index (χ3n) is 4.02. The number of carbonyl (C=O) groups excluding carboxylic acids is 2. The number of fused-ring (bicyclic) bond motifs is 1. The number of aromatic nitrogens is 3. The lowest BCUT2D eigenvalue weighted by Crippen LogP contribution is -2.35. The van der Waals surface area contributed by atoms with Gasteiger partial charge in [-0.1, -0.05) is 11.6 Å². The highest BCUT2D eigenvalue weighted by Crippen LogP contribution is 2.38. The second kappa shape index (κ2) is 6.50. The van der Waals surface area contributed by atoms with Gasteiger partial charge in [-0.05, 0) is 27.2 Å². The molecule has 9 heteroatoms. The van der Waals surface area contributed by atoms with Crippen molar-refractivity contribution in [1.82, 2.24) is 14.6 Å². The van der Waals surface area contributed by atoms with Crippen molar-refractivity contribution >= 4 is 34.9 Å². The van der Waals surface area contributed by atoms with Crippen LogP contribution in [0.25, 0.3) is 5.65 Å². The highest BCUT2D eigenvalue weighted by atomic mass is 35.5. The molecular formula is C17H20ClFN4O3. The molecule has 0 saturated heterocycles. The van der Waals surface area contributed by atoms with Gasteiger partial charge in [0, 0.05) is 25.5 Å². The molecule has 2 heterocycles. The molecule has 140 valence electrons. The van der Waals surface area contributed by atoms with Crippen molar-refractivity contribution in [2.75, 3.05) is 11.9 Å². The summed E-state index contributed by atoms with van der Waals surface area (Å²) in [7, 11) is 1.51. The zero-order chi connectivity index (χ0) is 19.2. The van der Waals surface area contributed by atoms with Crippen LogP contribution in [-0.4, -0.2) is 45.3 Å². The third-order valence-corrected chi connectivity index (χ3v) is 4.21. The average molecular weight is 383 g/mol. The number of amides is 1. The van der Waals surface area contributed by atoms with Gasteiger partial charge in [0.25, 0.3) is 0 Å². The number of ether oxygens (including phenoxy) is 1. The number of Topliss-reactive ketones (excluding diaryl/α,β-unsaturated/α-hetero) is 1. The van der Waals surface area contributed by atoms with Crippen LogP contribution in [0.5, 0.6) is 0 Å². The first-order chi connectivity index (χ1) is 12.1. The Hall–Kier alpha value is -2.22. The van der Waals surface area contributed by atoms with E-state index >= 15 is 0 Å². The van der Waals surface area contributed by atoms with E-state index in [-0.39, 0.29) is 34.5 Å². The maximum absolute atomic E-state index is 13.1. The van der Waals surface area contributed by atoms with Crippen molar-refractivity contribution in [2.45, 2.75) is 45.4 Å². The predicted octanol–water partition coefficient (Wildman–Crippen LogP) is 3.68. The Morgan fingerprint density at radius 1 is 1.46 bits per heavy atom. The van der Waals surface area contributed by atoms with Crippen molar-refractivity contribution in [3.63, 3.8) is 0 Å². The first-order valence-corrected chi connectivity index (χ1v) is 8.63. The molecule has 0 N–H and O–H groups in total. The van der Waals surface area contributed by atoms with E-state index in [2.05, 4.69) is 10.1 Å². The molecule has 2 atom stereocenters. The summed E-state index contributed by atoms with van der Waals surface area (Å²) in [4.78, 5) is 30.2. The Bertz CT molecular complexity index is 877. The minimum Gasteiger partial charge on any atom is -0.443 e. The summed E-state index contributed by atoms with van der Waals surface area (Å²) in [6, 6.07) is 1.46. The number of hydrogen-bond donors (Lipinski definition) is 0. The Morgan fingerprint density at radius 2 is 2.12 bits per heavy atom. The Morgan fingerprint density at radius 3 is 2.69 bits per heavy atom. The highest BCUT2D eigenvalue weighted by Gasteiger charge is 2.39. The van der Waals surface area contributed by atoms with Crippen molar-refractivity contribution in [3.05, 3.63) is 23.0 Å². The third kappa shape index (κ3) is 3.80. The van der Waals surface area contributed by atoms with Gasteiger partial charge in [-0.3, -0.25) is 9.69 Å². The number of anilines is 1. The predicted molar refractivity (Wildman–Crippen MR) is 94.6 cm³/mol. The Balaban J connectivity index is 1.94. The lowest BCUT2D eigenvalue weighted by atomic mass is 10.1. The van der Waals surface area contributed by atoms with Crippen LogP contribution in [0, 0.1) is 5.92 Å². The van der Waals surface area contributed by atoms with Gasteiger partial charge < -0.3 is 4.74 Å². The second-order valence-corrected chi connectivity index (χ2v) is 7.80. The summed E-state index contributed by atoms with van der Waals surface area (Å²) in [5.74, 6) is -0.172. The van der Waals surface area contributed by atoms with Crippen LogP contribution in [0.3, 0.4) is 0 Å². The maximum atomic E-state index is 13.1. The molecule has 0 aliphatic heterocycles. The largest absolute Gasteiger partial charge is 0.443 e. The molecule has 26 heavy (non-hydrogen) atoms. The second-order valence-electron chi connectivity index (χ2n) is 7.41. The molecule has 2 aromatic heterocycles. The van der Waals surface area contributed by atoms with Gasteiger partial charge in [0.15, 0.2) is 11.4 Å². The highest BCUT2D eigenvalue weighted by molar-refractivity contribution is 6.30. The van der Waals surface area contributed by atoms with Crippen molar-refractivity contribution in [2.24, 2.45) is 5.92 Å². The number of carbonyl (C=O) groups is 2. The molecule has 0 bridgehead atoms. The summed E-state index contributed by atoms with van der Waals surface area (Å²) in [5, 5.41) is 4.26. The van der Waals surface area contributed by atoms with Gasteiger partial charge in [-0.25, -0.2) is 14.2 Å². The monoisotopic (exact) mass is 382 g/mol. The lowest BCUT2D eigenvalue weighted by molar-refractivity contribution is 0.0587. The number of nitrogens with zero attached hydrogens (tertiary/aromatic N) is 4. The standard InChI is InChI=1S/C17H20ClFN4O3/c1-17(2,3)26-16(25)22(4)14-7-13(18)21-15-10(8-20-23(14)15)12(24)6-9-5-11(9)19/h7-9,11H,5-6H2,1-4H3/t9-,11-/m0/s1. The molecule has 2 aromatic rings. The topological polar surface area (TPSA) is 76.8 Å². The molecule has 7 nitrogen and oxygen atoms in total. The van der Waals surface area contributed by atoms with Gasteiger partial charge in [0.05, 0.1) is 11.8 Å². The molecule has 0 spiro atoms. The van der Waals surface area contributed by atoms with Crippen LogP contribution < -0.4 is 4.90 Å². The van der Waals surface area contributed by atoms with E-state index in [0.29, 0.717) is 12.2 Å². The number of alkyl halides is 1. The Kier molecular flexibility index (Phi) is 4.64. The normalized spacial score (nSPS) is 19.5. The van der Waals surface area contributed by atoms with Gasteiger partial charge in [0.1, 0.15) is 22.7 Å².